The van der Waals surface area contributed by atoms with E-state index < -0.39 is 5.60 Å². The molecule has 5 heteroatoms. The number of aryl methyl sites for hydroxylation is 2. The van der Waals surface area contributed by atoms with E-state index in [0.717, 1.165) is 11.4 Å². The summed E-state index contributed by atoms with van der Waals surface area (Å²) in [5.74, 6) is 0.735. The van der Waals surface area contributed by atoms with E-state index in [1.165, 1.54) is 5.56 Å². The number of hydrogen-bond acceptors (Lipinski definition) is 4. The highest BCUT2D eigenvalue weighted by Crippen LogP contribution is 2.17. The molecule has 2 unspecified atom stereocenters. The Morgan fingerprint density at radius 3 is 2.76 bits per heavy atom. The van der Waals surface area contributed by atoms with Gasteiger partial charge in [-0.05, 0) is 27.0 Å². The van der Waals surface area contributed by atoms with Crippen molar-refractivity contribution in [3.05, 3.63) is 17.5 Å². The molecule has 0 bridgehead atoms. The summed E-state index contributed by atoms with van der Waals surface area (Å²) >= 11 is 1.66. The predicted octanol–water partition coefficient (Wildman–Crippen LogP) is 1.49. The van der Waals surface area contributed by atoms with Crippen molar-refractivity contribution in [2.45, 2.75) is 32.4 Å². The van der Waals surface area contributed by atoms with Gasteiger partial charge in [-0.1, -0.05) is 0 Å². The van der Waals surface area contributed by atoms with Crippen LogP contribution in [0.3, 0.4) is 0 Å². The minimum absolute atomic E-state index is 0.206. The Bertz CT molecular complexity index is 363. The van der Waals surface area contributed by atoms with Crippen LogP contribution in [0.1, 0.15) is 31.1 Å². The summed E-state index contributed by atoms with van der Waals surface area (Å²) in [6.45, 7) is 6.55. The van der Waals surface area contributed by atoms with E-state index in [1.807, 2.05) is 38.0 Å². The van der Waals surface area contributed by atoms with Gasteiger partial charge in [0.2, 0.25) is 0 Å². The predicted molar refractivity (Wildman–Crippen MR) is 73.4 cm³/mol. The van der Waals surface area contributed by atoms with Crippen molar-refractivity contribution in [1.29, 1.82) is 0 Å². The van der Waals surface area contributed by atoms with Crippen LogP contribution in [0.4, 0.5) is 0 Å². The van der Waals surface area contributed by atoms with Crippen molar-refractivity contribution in [3.8, 4) is 0 Å². The van der Waals surface area contributed by atoms with Crippen LogP contribution in [-0.4, -0.2) is 39.0 Å². The number of aromatic nitrogens is 2. The van der Waals surface area contributed by atoms with E-state index in [2.05, 4.69) is 17.3 Å². The average molecular weight is 257 g/mol. The molecule has 1 rings (SSSR count). The molecular formula is C12H23N3OS. The molecule has 1 aromatic rings. The van der Waals surface area contributed by atoms with E-state index in [1.54, 1.807) is 11.8 Å². The van der Waals surface area contributed by atoms with Crippen molar-refractivity contribution < 1.29 is 5.11 Å². The Balaban J connectivity index is 2.55. The molecule has 0 saturated carbocycles. The van der Waals surface area contributed by atoms with Gasteiger partial charge < -0.3 is 10.4 Å². The SMILES string of the molecule is CSCC(C)(O)CNC(C)c1cn(C)nc1C. The summed E-state index contributed by atoms with van der Waals surface area (Å²) in [5.41, 5.74) is 1.56. The van der Waals surface area contributed by atoms with E-state index in [9.17, 15) is 5.11 Å². The molecule has 0 radical (unpaired) electrons. The Labute approximate surface area is 108 Å². The summed E-state index contributed by atoms with van der Waals surface area (Å²) < 4.78 is 1.82. The second-order valence-electron chi connectivity index (χ2n) is 4.88. The maximum Gasteiger partial charge on any atom is 0.0833 e. The molecule has 0 aliphatic carbocycles. The monoisotopic (exact) mass is 257 g/mol. The van der Waals surface area contributed by atoms with Gasteiger partial charge in [0, 0.05) is 37.1 Å². The Kier molecular flexibility index (Phi) is 5.04. The van der Waals surface area contributed by atoms with Gasteiger partial charge in [0.05, 0.1) is 11.3 Å². The Morgan fingerprint density at radius 1 is 1.65 bits per heavy atom. The molecule has 1 heterocycles. The molecule has 98 valence electrons. The topological polar surface area (TPSA) is 50.1 Å². The number of aliphatic hydroxyl groups is 1. The van der Waals surface area contributed by atoms with Crippen LogP contribution in [0.2, 0.25) is 0 Å². The smallest absolute Gasteiger partial charge is 0.0833 e. The maximum absolute atomic E-state index is 10.1. The molecule has 0 spiro atoms. The molecule has 0 aromatic carbocycles. The maximum atomic E-state index is 10.1. The number of thioether (sulfide) groups is 1. The normalized spacial score (nSPS) is 16.8. The fraction of sp³-hybridized carbons (Fsp3) is 0.750. The molecule has 17 heavy (non-hydrogen) atoms. The van der Waals surface area contributed by atoms with Crippen LogP contribution < -0.4 is 5.32 Å². The number of nitrogens with one attached hydrogen (secondary N) is 1. The van der Waals surface area contributed by atoms with E-state index in [-0.39, 0.29) is 6.04 Å². The second-order valence-corrected chi connectivity index (χ2v) is 5.74. The lowest BCUT2D eigenvalue weighted by atomic mass is 10.1. The quantitative estimate of drug-likeness (QED) is 0.811. The fourth-order valence-electron chi connectivity index (χ4n) is 1.89. The van der Waals surface area contributed by atoms with Gasteiger partial charge in [0.25, 0.3) is 0 Å². The van der Waals surface area contributed by atoms with Gasteiger partial charge in [0.15, 0.2) is 0 Å². The highest BCUT2D eigenvalue weighted by Gasteiger charge is 2.21. The standard InChI is InChI=1S/C12H23N3OS/c1-9(11-6-15(4)14-10(11)2)13-7-12(3,16)8-17-5/h6,9,13,16H,7-8H2,1-5H3. The van der Waals surface area contributed by atoms with Gasteiger partial charge in [-0.3, -0.25) is 4.68 Å². The lowest BCUT2D eigenvalue weighted by Crippen LogP contribution is -2.40. The number of nitrogens with zero attached hydrogens (tertiary/aromatic N) is 2. The third-order valence-electron chi connectivity index (χ3n) is 2.76. The summed E-state index contributed by atoms with van der Waals surface area (Å²) in [6.07, 6.45) is 4.03. The summed E-state index contributed by atoms with van der Waals surface area (Å²) in [5, 5.41) is 17.8. The van der Waals surface area contributed by atoms with Gasteiger partial charge in [-0.25, -0.2) is 0 Å². The molecular weight excluding hydrogens is 234 g/mol. The molecule has 0 amide bonds. The van der Waals surface area contributed by atoms with Crippen molar-refractivity contribution in [2.24, 2.45) is 7.05 Å². The summed E-state index contributed by atoms with van der Waals surface area (Å²) in [4.78, 5) is 0. The van der Waals surface area contributed by atoms with Crippen molar-refractivity contribution >= 4 is 11.8 Å². The van der Waals surface area contributed by atoms with Gasteiger partial charge in [-0.15, -0.1) is 0 Å². The van der Waals surface area contributed by atoms with Gasteiger partial charge in [0.1, 0.15) is 0 Å². The zero-order valence-electron chi connectivity index (χ0n) is 11.3. The molecule has 2 atom stereocenters. The molecule has 0 aliphatic rings. The number of rotatable bonds is 6. The molecule has 0 aliphatic heterocycles. The van der Waals surface area contributed by atoms with Crippen molar-refractivity contribution in [2.75, 3.05) is 18.6 Å². The molecule has 0 saturated heterocycles. The minimum Gasteiger partial charge on any atom is -0.388 e. The van der Waals surface area contributed by atoms with Crippen LogP contribution in [0.25, 0.3) is 0 Å². The summed E-state index contributed by atoms with van der Waals surface area (Å²) in [6, 6.07) is 0.206. The third kappa shape index (κ3) is 4.33. The lowest BCUT2D eigenvalue weighted by Gasteiger charge is -2.25. The van der Waals surface area contributed by atoms with Crippen molar-refractivity contribution in [1.82, 2.24) is 15.1 Å². The fourth-order valence-corrected chi connectivity index (χ4v) is 2.61. The molecule has 0 fully saturated rings. The molecule has 4 nitrogen and oxygen atoms in total. The minimum atomic E-state index is -0.663. The van der Waals surface area contributed by atoms with E-state index in [0.29, 0.717) is 6.54 Å². The first-order valence-electron chi connectivity index (χ1n) is 5.80. The third-order valence-corrected chi connectivity index (χ3v) is 3.67. The van der Waals surface area contributed by atoms with Gasteiger partial charge >= 0.3 is 0 Å². The number of hydrogen-bond donors (Lipinski definition) is 2. The van der Waals surface area contributed by atoms with Crippen LogP contribution in [0, 0.1) is 6.92 Å². The zero-order chi connectivity index (χ0) is 13.1. The molecule has 2 N–H and O–H groups in total. The Morgan fingerprint density at radius 2 is 2.29 bits per heavy atom. The van der Waals surface area contributed by atoms with Crippen LogP contribution in [-0.2, 0) is 7.05 Å². The highest BCUT2D eigenvalue weighted by molar-refractivity contribution is 7.98. The van der Waals surface area contributed by atoms with Crippen molar-refractivity contribution in [3.63, 3.8) is 0 Å². The first-order chi connectivity index (χ1) is 7.85. The van der Waals surface area contributed by atoms with Crippen LogP contribution in [0.5, 0.6) is 0 Å². The van der Waals surface area contributed by atoms with E-state index >= 15 is 0 Å². The lowest BCUT2D eigenvalue weighted by molar-refractivity contribution is 0.0820. The zero-order valence-corrected chi connectivity index (χ0v) is 12.1. The largest absolute Gasteiger partial charge is 0.388 e. The molecule has 1 aromatic heterocycles. The van der Waals surface area contributed by atoms with Crippen LogP contribution >= 0.6 is 11.8 Å². The highest BCUT2D eigenvalue weighted by atomic mass is 32.2. The first kappa shape index (κ1) is 14.5. The first-order valence-corrected chi connectivity index (χ1v) is 7.20. The van der Waals surface area contributed by atoms with Crippen LogP contribution in [0.15, 0.2) is 6.20 Å². The van der Waals surface area contributed by atoms with Gasteiger partial charge in [-0.2, -0.15) is 16.9 Å². The summed E-state index contributed by atoms with van der Waals surface area (Å²) in [7, 11) is 1.92. The average Bonchev–Trinajstić information content (AvgIpc) is 2.54. The van der Waals surface area contributed by atoms with E-state index in [4.69, 9.17) is 0 Å². The second kappa shape index (κ2) is 5.89. The Hall–Kier alpha value is -0.520.